The summed E-state index contributed by atoms with van der Waals surface area (Å²) in [7, 11) is 3.47. The number of guanidine groups is 1. The van der Waals surface area contributed by atoms with Gasteiger partial charge in [-0.3, -0.25) is 4.79 Å². The van der Waals surface area contributed by atoms with Gasteiger partial charge >= 0.3 is 0 Å². The molecule has 7 heteroatoms. The number of hydrogen-bond donors (Lipinski definition) is 2. The van der Waals surface area contributed by atoms with Crippen molar-refractivity contribution in [1.82, 2.24) is 15.5 Å². The Morgan fingerprint density at radius 2 is 1.96 bits per heavy atom. The van der Waals surface area contributed by atoms with Crippen molar-refractivity contribution in [3.63, 3.8) is 0 Å². The zero-order chi connectivity index (χ0) is 17.6. The van der Waals surface area contributed by atoms with Crippen LogP contribution in [0.15, 0.2) is 4.99 Å². The van der Waals surface area contributed by atoms with E-state index in [0.717, 1.165) is 65.2 Å². The van der Waals surface area contributed by atoms with Gasteiger partial charge in [-0.25, -0.2) is 4.99 Å². The predicted molar refractivity (Wildman–Crippen MR) is 96.3 cm³/mol. The summed E-state index contributed by atoms with van der Waals surface area (Å²) < 4.78 is 11.1. The van der Waals surface area contributed by atoms with Gasteiger partial charge in [0.25, 0.3) is 0 Å². The Morgan fingerprint density at radius 3 is 2.62 bits per heavy atom. The molecule has 1 aliphatic heterocycles. The van der Waals surface area contributed by atoms with Gasteiger partial charge in [0, 0.05) is 53.6 Å². The minimum absolute atomic E-state index is 0.00704. The highest BCUT2D eigenvalue weighted by molar-refractivity contribution is 5.84. The van der Waals surface area contributed by atoms with Crippen LogP contribution in [0, 0.1) is 5.92 Å². The molecule has 0 aliphatic carbocycles. The highest BCUT2D eigenvalue weighted by Crippen LogP contribution is 2.14. The van der Waals surface area contributed by atoms with Gasteiger partial charge in [0.05, 0.1) is 0 Å². The van der Waals surface area contributed by atoms with E-state index in [1.54, 1.807) is 19.0 Å². The largest absolute Gasteiger partial charge is 0.381 e. The molecule has 140 valence electrons. The number of hydrogen-bond acceptors (Lipinski definition) is 4. The Kier molecular flexibility index (Phi) is 11.2. The van der Waals surface area contributed by atoms with Crippen LogP contribution in [0.1, 0.15) is 32.6 Å². The number of likely N-dealkylation sites (N-methyl/N-ethyl adjacent to an activating group) is 1. The fourth-order valence-corrected chi connectivity index (χ4v) is 2.25. The molecule has 0 aromatic heterocycles. The second kappa shape index (κ2) is 13.0. The van der Waals surface area contributed by atoms with Gasteiger partial charge in [0.15, 0.2) is 5.96 Å². The first-order valence-electron chi connectivity index (χ1n) is 9.01. The van der Waals surface area contributed by atoms with E-state index in [1.807, 2.05) is 0 Å². The van der Waals surface area contributed by atoms with Crippen molar-refractivity contribution in [1.29, 1.82) is 0 Å². The molecule has 1 amide bonds. The summed E-state index contributed by atoms with van der Waals surface area (Å²) in [6.07, 6.45) is 4.14. The molecule has 1 saturated heterocycles. The van der Waals surface area contributed by atoms with Crippen molar-refractivity contribution in [2.24, 2.45) is 10.9 Å². The van der Waals surface area contributed by atoms with Crippen LogP contribution in [0.2, 0.25) is 0 Å². The molecule has 2 N–H and O–H groups in total. The molecule has 1 fully saturated rings. The highest BCUT2D eigenvalue weighted by atomic mass is 16.5. The Morgan fingerprint density at radius 1 is 1.25 bits per heavy atom. The Balaban J connectivity index is 2.16. The lowest BCUT2D eigenvalue weighted by atomic mass is 10.0. The van der Waals surface area contributed by atoms with Crippen LogP contribution >= 0.6 is 0 Å². The lowest BCUT2D eigenvalue weighted by Gasteiger charge is -2.21. The second-order valence-electron chi connectivity index (χ2n) is 6.29. The number of nitrogens with one attached hydrogen (secondary N) is 2. The summed E-state index contributed by atoms with van der Waals surface area (Å²) in [5.41, 5.74) is 0. The van der Waals surface area contributed by atoms with Crippen molar-refractivity contribution in [2.75, 3.05) is 60.2 Å². The molecule has 0 radical (unpaired) electrons. The normalized spacial score (nSPS) is 16.0. The van der Waals surface area contributed by atoms with Crippen molar-refractivity contribution in [3.05, 3.63) is 0 Å². The van der Waals surface area contributed by atoms with E-state index in [9.17, 15) is 4.79 Å². The van der Waals surface area contributed by atoms with Gasteiger partial charge in [-0.15, -0.1) is 0 Å². The SMILES string of the molecule is CCCNC(=NCC(=O)N(C)C)NCCCOCC1CCOCC1. The van der Waals surface area contributed by atoms with Gasteiger partial charge in [-0.1, -0.05) is 6.92 Å². The van der Waals surface area contributed by atoms with Gasteiger partial charge < -0.3 is 25.0 Å². The minimum Gasteiger partial charge on any atom is -0.381 e. The van der Waals surface area contributed by atoms with Crippen molar-refractivity contribution in [3.8, 4) is 0 Å². The summed E-state index contributed by atoms with van der Waals surface area (Å²) in [4.78, 5) is 17.5. The van der Waals surface area contributed by atoms with Crippen LogP contribution in [-0.4, -0.2) is 76.9 Å². The predicted octanol–water partition coefficient (Wildman–Crippen LogP) is 0.853. The molecule has 0 atom stereocenters. The van der Waals surface area contributed by atoms with Crippen LogP contribution in [0.5, 0.6) is 0 Å². The molecular weight excluding hydrogens is 308 g/mol. The summed E-state index contributed by atoms with van der Waals surface area (Å²) in [5.74, 6) is 1.33. The van der Waals surface area contributed by atoms with Crippen LogP contribution in [0.25, 0.3) is 0 Å². The monoisotopic (exact) mass is 342 g/mol. The molecule has 0 aromatic carbocycles. The van der Waals surface area contributed by atoms with E-state index in [1.165, 1.54) is 0 Å². The Hall–Kier alpha value is -1.34. The number of carbonyl (C=O) groups excluding carboxylic acids is 1. The van der Waals surface area contributed by atoms with Crippen LogP contribution < -0.4 is 10.6 Å². The van der Waals surface area contributed by atoms with Crippen LogP contribution in [0.3, 0.4) is 0 Å². The first-order valence-corrected chi connectivity index (χ1v) is 9.01. The molecule has 0 spiro atoms. The van der Waals surface area contributed by atoms with Crippen LogP contribution in [-0.2, 0) is 14.3 Å². The number of rotatable bonds is 10. The third-order valence-electron chi connectivity index (χ3n) is 3.87. The lowest BCUT2D eigenvalue weighted by molar-refractivity contribution is -0.127. The van der Waals surface area contributed by atoms with E-state index in [2.05, 4.69) is 22.5 Å². The van der Waals surface area contributed by atoms with Gasteiger partial charge in [-0.2, -0.15) is 0 Å². The summed E-state index contributed by atoms with van der Waals surface area (Å²) in [6.45, 7) is 7.17. The van der Waals surface area contributed by atoms with Crippen molar-refractivity contribution < 1.29 is 14.3 Å². The van der Waals surface area contributed by atoms with Gasteiger partial charge in [-0.05, 0) is 31.6 Å². The van der Waals surface area contributed by atoms with E-state index in [-0.39, 0.29) is 12.5 Å². The maximum atomic E-state index is 11.6. The van der Waals surface area contributed by atoms with E-state index in [0.29, 0.717) is 11.9 Å². The number of ether oxygens (including phenoxy) is 2. The average Bonchev–Trinajstić information content (AvgIpc) is 2.60. The topological polar surface area (TPSA) is 75.2 Å². The molecule has 0 unspecified atom stereocenters. The fraction of sp³-hybridized carbons (Fsp3) is 0.882. The number of aliphatic imine (C=N–C) groups is 1. The fourth-order valence-electron chi connectivity index (χ4n) is 2.25. The standard InChI is InChI=1S/C17H34N4O3/c1-4-8-18-17(20-13-16(22)21(2)3)19-9-5-10-24-14-15-6-11-23-12-7-15/h15H,4-14H2,1-3H3,(H2,18,19,20). The first-order chi connectivity index (χ1) is 11.6. The van der Waals surface area contributed by atoms with Gasteiger partial charge in [0.2, 0.25) is 5.91 Å². The average molecular weight is 342 g/mol. The Bertz CT molecular complexity index is 369. The van der Waals surface area contributed by atoms with Crippen LogP contribution in [0.4, 0.5) is 0 Å². The Labute approximate surface area is 146 Å². The first kappa shape index (κ1) is 20.7. The quantitative estimate of drug-likeness (QED) is 0.350. The highest BCUT2D eigenvalue weighted by Gasteiger charge is 2.13. The number of carbonyl (C=O) groups is 1. The van der Waals surface area contributed by atoms with E-state index in [4.69, 9.17) is 9.47 Å². The summed E-state index contributed by atoms with van der Waals surface area (Å²) in [5, 5.41) is 6.48. The molecule has 24 heavy (non-hydrogen) atoms. The molecule has 1 rings (SSSR count). The van der Waals surface area contributed by atoms with E-state index < -0.39 is 0 Å². The molecule has 1 heterocycles. The smallest absolute Gasteiger partial charge is 0.243 e. The minimum atomic E-state index is -0.00704. The molecule has 0 saturated carbocycles. The zero-order valence-electron chi connectivity index (χ0n) is 15.5. The van der Waals surface area contributed by atoms with Gasteiger partial charge in [0.1, 0.15) is 6.54 Å². The third kappa shape index (κ3) is 9.72. The molecule has 0 bridgehead atoms. The number of amides is 1. The molecule has 7 nitrogen and oxygen atoms in total. The molecular formula is C17H34N4O3. The van der Waals surface area contributed by atoms with Crippen molar-refractivity contribution >= 4 is 11.9 Å². The van der Waals surface area contributed by atoms with Crippen molar-refractivity contribution in [2.45, 2.75) is 32.6 Å². The molecule has 1 aliphatic rings. The maximum absolute atomic E-state index is 11.6. The third-order valence-corrected chi connectivity index (χ3v) is 3.87. The zero-order valence-corrected chi connectivity index (χ0v) is 15.5. The van der Waals surface area contributed by atoms with E-state index >= 15 is 0 Å². The molecule has 0 aromatic rings. The second-order valence-corrected chi connectivity index (χ2v) is 6.29. The number of nitrogens with zero attached hydrogens (tertiary/aromatic N) is 2. The maximum Gasteiger partial charge on any atom is 0.243 e. The summed E-state index contributed by atoms with van der Waals surface area (Å²) in [6, 6.07) is 0. The lowest BCUT2D eigenvalue weighted by Crippen LogP contribution is -2.39. The summed E-state index contributed by atoms with van der Waals surface area (Å²) >= 11 is 0.